The van der Waals surface area contributed by atoms with Gasteiger partial charge in [-0.1, -0.05) is 24.3 Å². The van der Waals surface area contributed by atoms with E-state index in [1.807, 2.05) is 0 Å². The Balaban J connectivity index is 1.39. The lowest BCUT2D eigenvalue weighted by molar-refractivity contribution is -0.0286. The average Bonchev–Trinajstić information content (AvgIpc) is 2.44. The highest BCUT2D eigenvalue weighted by atomic mass is 19.1. The predicted molar refractivity (Wildman–Crippen MR) is 78.1 cm³/mol. The molecule has 2 heterocycles. The smallest absolute Gasteiger partial charge is 0.123 e. The van der Waals surface area contributed by atoms with Crippen LogP contribution in [0.3, 0.4) is 0 Å². The van der Waals surface area contributed by atoms with Crippen LogP contribution < -0.4 is 0 Å². The summed E-state index contributed by atoms with van der Waals surface area (Å²) < 4.78 is 18.1. The Kier molecular flexibility index (Phi) is 4.45. The van der Waals surface area contributed by atoms with Gasteiger partial charge in [0, 0.05) is 38.8 Å². The van der Waals surface area contributed by atoms with E-state index in [-0.39, 0.29) is 5.82 Å². The Hall–Kier alpha value is -1.23. The van der Waals surface area contributed by atoms with Crippen LogP contribution in [0.25, 0.3) is 6.08 Å². The van der Waals surface area contributed by atoms with Crippen LogP contribution in [0.15, 0.2) is 30.3 Å². The third kappa shape index (κ3) is 3.45. The van der Waals surface area contributed by atoms with Crippen molar-refractivity contribution in [3.8, 4) is 0 Å². The number of nitrogens with zero attached hydrogens (tertiary/aromatic N) is 2. The zero-order valence-electron chi connectivity index (χ0n) is 11.7. The van der Waals surface area contributed by atoms with E-state index in [0.29, 0.717) is 6.04 Å². The maximum absolute atomic E-state index is 12.8. The zero-order chi connectivity index (χ0) is 13.8. The number of hydrogen-bond donors (Lipinski definition) is 0. The van der Waals surface area contributed by atoms with Crippen LogP contribution in [0.4, 0.5) is 4.39 Å². The van der Waals surface area contributed by atoms with Crippen LogP contribution in [-0.4, -0.2) is 61.8 Å². The molecule has 0 radical (unpaired) electrons. The second-order valence-corrected chi connectivity index (χ2v) is 5.47. The van der Waals surface area contributed by atoms with Gasteiger partial charge in [0.15, 0.2) is 0 Å². The van der Waals surface area contributed by atoms with Gasteiger partial charge in [-0.15, -0.1) is 0 Å². The quantitative estimate of drug-likeness (QED) is 0.835. The van der Waals surface area contributed by atoms with Crippen molar-refractivity contribution < 1.29 is 9.13 Å². The summed E-state index contributed by atoms with van der Waals surface area (Å²) in [5.74, 6) is -0.182. The fourth-order valence-electron chi connectivity index (χ4n) is 2.78. The van der Waals surface area contributed by atoms with Gasteiger partial charge in [-0.05, 0) is 17.7 Å². The molecule has 2 aliphatic heterocycles. The van der Waals surface area contributed by atoms with Crippen LogP contribution in [0.1, 0.15) is 5.56 Å². The molecule has 0 unspecified atom stereocenters. The molecule has 1 aromatic carbocycles. The highest BCUT2D eigenvalue weighted by Crippen LogP contribution is 2.16. The van der Waals surface area contributed by atoms with Crippen LogP contribution in [0, 0.1) is 5.82 Å². The van der Waals surface area contributed by atoms with E-state index in [1.165, 1.54) is 12.1 Å². The first-order valence-electron chi connectivity index (χ1n) is 7.27. The molecule has 108 valence electrons. The van der Waals surface area contributed by atoms with Gasteiger partial charge in [0.1, 0.15) is 5.82 Å². The van der Waals surface area contributed by atoms with Gasteiger partial charge in [0.25, 0.3) is 0 Å². The van der Waals surface area contributed by atoms with Crippen molar-refractivity contribution in [1.82, 2.24) is 9.80 Å². The molecular formula is C16H21FN2O. The molecule has 0 bridgehead atoms. The Morgan fingerprint density at radius 1 is 1.15 bits per heavy atom. The largest absolute Gasteiger partial charge is 0.379 e. The van der Waals surface area contributed by atoms with Crippen molar-refractivity contribution in [2.75, 3.05) is 45.9 Å². The number of hydrogen-bond acceptors (Lipinski definition) is 3. The van der Waals surface area contributed by atoms with Crippen molar-refractivity contribution in [3.63, 3.8) is 0 Å². The first-order chi connectivity index (χ1) is 9.81. The van der Waals surface area contributed by atoms with Gasteiger partial charge < -0.3 is 4.74 Å². The molecule has 20 heavy (non-hydrogen) atoms. The fourth-order valence-corrected chi connectivity index (χ4v) is 2.78. The summed E-state index contributed by atoms with van der Waals surface area (Å²) in [6.07, 6.45) is 4.21. The highest BCUT2D eigenvalue weighted by Gasteiger charge is 2.31. The van der Waals surface area contributed by atoms with Gasteiger partial charge in [0.2, 0.25) is 0 Å². The lowest BCUT2D eigenvalue weighted by atomic mass is 10.1. The second kappa shape index (κ2) is 6.48. The number of ether oxygens (including phenoxy) is 1. The maximum atomic E-state index is 12.8. The Morgan fingerprint density at radius 2 is 1.85 bits per heavy atom. The monoisotopic (exact) mass is 276 g/mol. The van der Waals surface area contributed by atoms with Crippen LogP contribution in [-0.2, 0) is 4.74 Å². The van der Waals surface area contributed by atoms with E-state index in [2.05, 4.69) is 22.0 Å². The van der Waals surface area contributed by atoms with Crippen molar-refractivity contribution in [2.24, 2.45) is 0 Å². The standard InChI is InChI=1S/C16H21FN2O/c17-15-5-3-14(4-6-15)2-1-7-18-12-16(13-18)19-8-10-20-11-9-19/h1-6,16H,7-13H2. The normalized spacial score (nSPS) is 22.2. The molecule has 3 rings (SSSR count). The number of benzene rings is 1. The molecule has 0 saturated carbocycles. The van der Waals surface area contributed by atoms with Crippen molar-refractivity contribution in [3.05, 3.63) is 41.7 Å². The van der Waals surface area contributed by atoms with Crippen molar-refractivity contribution in [1.29, 1.82) is 0 Å². The molecule has 2 aliphatic rings. The molecule has 2 saturated heterocycles. The average molecular weight is 276 g/mol. The number of rotatable bonds is 4. The molecule has 0 aliphatic carbocycles. The van der Waals surface area contributed by atoms with Gasteiger partial charge in [-0.25, -0.2) is 4.39 Å². The Morgan fingerprint density at radius 3 is 2.55 bits per heavy atom. The summed E-state index contributed by atoms with van der Waals surface area (Å²) in [7, 11) is 0. The summed E-state index contributed by atoms with van der Waals surface area (Å²) in [6.45, 7) is 7.16. The van der Waals surface area contributed by atoms with Crippen LogP contribution in [0.2, 0.25) is 0 Å². The van der Waals surface area contributed by atoms with Crippen molar-refractivity contribution in [2.45, 2.75) is 6.04 Å². The SMILES string of the molecule is Fc1ccc(C=CCN2CC(N3CCOCC3)C2)cc1. The van der Waals surface area contributed by atoms with E-state index in [9.17, 15) is 4.39 Å². The van der Waals surface area contributed by atoms with Gasteiger partial charge >= 0.3 is 0 Å². The van der Waals surface area contributed by atoms with Crippen LogP contribution in [0.5, 0.6) is 0 Å². The Bertz CT molecular complexity index is 448. The minimum atomic E-state index is -0.182. The first-order valence-corrected chi connectivity index (χ1v) is 7.27. The number of morpholine rings is 1. The summed E-state index contributed by atoms with van der Waals surface area (Å²) >= 11 is 0. The van der Waals surface area contributed by atoms with Crippen LogP contribution >= 0.6 is 0 Å². The van der Waals surface area contributed by atoms with E-state index in [1.54, 1.807) is 12.1 Å². The molecule has 1 aromatic rings. The molecule has 0 aromatic heterocycles. The summed E-state index contributed by atoms with van der Waals surface area (Å²) in [5, 5.41) is 0. The fraction of sp³-hybridized carbons (Fsp3) is 0.500. The van der Waals surface area contributed by atoms with E-state index in [4.69, 9.17) is 4.74 Å². The maximum Gasteiger partial charge on any atom is 0.123 e. The predicted octanol–water partition coefficient (Wildman–Crippen LogP) is 1.86. The third-order valence-corrected chi connectivity index (χ3v) is 4.04. The van der Waals surface area contributed by atoms with Gasteiger partial charge in [-0.2, -0.15) is 0 Å². The lowest BCUT2D eigenvalue weighted by Gasteiger charge is -2.46. The molecule has 0 atom stereocenters. The number of halogens is 1. The molecule has 3 nitrogen and oxygen atoms in total. The highest BCUT2D eigenvalue weighted by molar-refractivity contribution is 5.48. The van der Waals surface area contributed by atoms with E-state index >= 15 is 0 Å². The van der Waals surface area contributed by atoms with Gasteiger partial charge in [0.05, 0.1) is 13.2 Å². The van der Waals surface area contributed by atoms with E-state index in [0.717, 1.165) is 51.5 Å². The Labute approximate surface area is 119 Å². The molecule has 0 N–H and O–H groups in total. The third-order valence-electron chi connectivity index (χ3n) is 4.04. The second-order valence-electron chi connectivity index (χ2n) is 5.47. The summed E-state index contributed by atoms with van der Waals surface area (Å²) in [6, 6.07) is 7.31. The van der Waals surface area contributed by atoms with Crippen molar-refractivity contribution >= 4 is 6.08 Å². The van der Waals surface area contributed by atoms with E-state index < -0.39 is 0 Å². The summed E-state index contributed by atoms with van der Waals surface area (Å²) in [5.41, 5.74) is 1.05. The first kappa shape index (κ1) is 13.7. The number of likely N-dealkylation sites (tertiary alicyclic amines) is 1. The minimum absolute atomic E-state index is 0.182. The molecule has 4 heteroatoms. The zero-order valence-corrected chi connectivity index (χ0v) is 11.7. The molecule has 0 amide bonds. The van der Waals surface area contributed by atoms with Gasteiger partial charge in [-0.3, -0.25) is 9.80 Å². The molecule has 2 fully saturated rings. The molecule has 0 spiro atoms. The topological polar surface area (TPSA) is 15.7 Å². The minimum Gasteiger partial charge on any atom is -0.379 e. The lowest BCUT2D eigenvalue weighted by Crippen LogP contribution is -2.61. The summed E-state index contributed by atoms with van der Waals surface area (Å²) in [4.78, 5) is 4.96. The molecular weight excluding hydrogens is 255 g/mol.